The van der Waals surface area contributed by atoms with Gasteiger partial charge in [0.05, 0.1) is 23.4 Å². The topological polar surface area (TPSA) is 99.8 Å². The zero-order chi connectivity index (χ0) is 19.8. The molecule has 3 N–H and O–H groups in total. The van der Waals surface area contributed by atoms with Gasteiger partial charge in [0.25, 0.3) is 5.56 Å². The molecular weight excluding hydrogens is 361 g/mol. The number of rotatable bonds is 4. The van der Waals surface area contributed by atoms with Gasteiger partial charge in [0.2, 0.25) is 11.9 Å². The Balaban J connectivity index is 1.83. The first-order valence-electron chi connectivity index (χ1n) is 8.87. The maximum absolute atomic E-state index is 13.5. The second-order valence-electron chi connectivity index (χ2n) is 6.88. The van der Waals surface area contributed by atoms with E-state index in [1.165, 1.54) is 12.1 Å². The average Bonchev–Trinajstić information content (AvgIpc) is 3.04. The third-order valence-electron chi connectivity index (χ3n) is 4.56. The molecule has 0 bridgehead atoms. The Bertz CT molecular complexity index is 1140. The molecule has 0 aromatic carbocycles. The Hall–Kier alpha value is -3.55. The summed E-state index contributed by atoms with van der Waals surface area (Å²) in [5.74, 6) is -0.222. The SMILES string of the molecule is CC(C)c1[nH]c(=O)c(-c2cccc(F)n2)cc1Nc1ccnc2c1CC(=O)N2. The molecule has 1 aliphatic heterocycles. The predicted molar refractivity (Wildman–Crippen MR) is 104 cm³/mol. The summed E-state index contributed by atoms with van der Waals surface area (Å²) < 4.78 is 13.5. The molecule has 0 aliphatic carbocycles. The van der Waals surface area contributed by atoms with Crippen LogP contribution in [0.4, 0.5) is 21.6 Å². The highest BCUT2D eigenvalue weighted by molar-refractivity contribution is 6.00. The van der Waals surface area contributed by atoms with Gasteiger partial charge < -0.3 is 15.6 Å². The van der Waals surface area contributed by atoms with E-state index in [1.54, 1.807) is 24.4 Å². The van der Waals surface area contributed by atoms with Crippen LogP contribution >= 0.6 is 0 Å². The third kappa shape index (κ3) is 3.24. The summed E-state index contributed by atoms with van der Waals surface area (Å²) in [6.07, 6.45) is 1.83. The van der Waals surface area contributed by atoms with Crippen molar-refractivity contribution < 1.29 is 9.18 Å². The number of nitrogens with one attached hydrogen (secondary N) is 3. The molecule has 0 saturated carbocycles. The summed E-state index contributed by atoms with van der Waals surface area (Å²) >= 11 is 0. The number of H-pyrrole nitrogens is 1. The fraction of sp³-hybridized carbons (Fsp3) is 0.200. The van der Waals surface area contributed by atoms with Crippen LogP contribution in [-0.2, 0) is 11.2 Å². The maximum Gasteiger partial charge on any atom is 0.257 e. The van der Waals surface area contributed by atoms with E-state index in [9.17, 15) is 14.0 Å². The summed E-state index contributed by atoms with van der Waals surface area (Å²) in [6, 6.07) is 7.75. The van der Waals surface area contributed by atoms with Gasteiger partial charge in [-0.25, -0.2) is 9.97 Å². The molecule has 7 nitrogen and oxygen atoms in total. The van der Waals surface area contributed by atoms with Gasteiger partial charge in [0.15, 0.2) is 0 Å². The lowest BCUT2D eigenvalue weighted by Crippen LogP contribution is -2.15. The van der Waals surface area contributed by atoms with Gasteiger partial charge in [-0.15, -0.1) is 0 Å². The van der Waals surface area contributed by atoms with Gasteiger partial charge in [0, 0.05) is 23.1 Å². The van der Waals surface area contributed by atoms with E-state index in [4.69, 9.17) is 0 Å². The number of anilines is 3. The molecule has 8 heteroatoms. The average molecular weight is 379 g/mol. The molecule has 4 heterocycles. The highest BCUT2D eigenvalue weighted by Gasteiger charge is 2.23. The zero-order valence-corrected chi connectivity index (χ0v) is 15.3. The second kappa shape index (κ2) is 6.88. The number of aromatic amines is 1. The first-order chi connectivity index (χ1) is 13.4. The molecule has 0 spiro atoms. The van der Waals surface area contributed by atoms with Crippen molar-refractivity contribution in [2.24, 2.45) is 0 Å². The predicted octanol–water partition coefficient (Wildman–Crippen LogP) is 3.33. The minimum atomic E-state index is -0.657. The monoisotopic (exact) mass is 379 g/mol. The number of amides is 1. The molecule has 142 valence electrons. The van der Waals surface area contributed by atoms with E-state index in [0.29, 0.717) is 17.2 Å². The maximum atomic E-state index is 13.5. The number of fused-ring (bicyclic) bond motifs is 1. The summed E-state index contributed by atoms with van der Waals surface area (Å²) in [5, 5.41) is 6.02. The van der Waals surface area contributed by atoms with Crippen LogP contribution in [0.5, 0.6) is 0 Å². The lowest BCUT2D eigenvalue weighted by atomic mass is 10.0. The number of hydrogen-bond donors (Lipinski definition) is 3. The Morgan fingerprint density at radius 3 is 2.75 bits per heavy atom. The smallest absolute Gasteiger partial charge is 0.257 e. The highest BCUT2D eigenvalue weighted by atomic mass is 19.1. The van der Waals surface area contributed by atoms with E-state index in [2.05, 4.69) is 25.6 Å². The van der Waals surface area contributed by atoms with Gasteiger partial charge in [0.1, 0.15) is 5.82 Å². The normalized spacial score (nSPS) is 12.8. The minimum Gasteiger partial charge on any atom is -0.354 e. The van der Waals surface area contributed by atoms with Gasteiger partial charge in [-0.3, -0.25) is 9.59 Å². The van der Waals surface area contributed by atoms with Crippen LogP contribution in [0.15, 0.2) is 41.3 Å². The zero-order valence-electron chi connectivity index (χ0n) is 15.3. The number of pyridine rings is 3. The standard InChI is InChI=1S/C20H18FN5O2/c1-10(2)18-15(23-14-6-7-22-19-11(14)9-17(27)25-19)8-12(20(28)26-18)13-4-3-5-16(21)24-13/h3-8,10H,9H2,1-2H3,(H,26,28)(H2,22,23,25,27). The van der Waals surface area contributed by atoms with Crippen LogP contribution in [0.25, 0.3) is 11.3 Å². The van der Waals surface area contributed by atoms with Crippen LogP contribution in [-0.4, -0.2) is 20.9 Å². The molecular formula is C20H18FN5O2. The first kappa shape index (κ1) is 17.8. The summed E-state index contributed by atoms with van der Waals surface area (Å²) in [4.78, 5) is 35.2. The molecule has 0 radical (unpaired) electrons. The third-order valence-corrected chi connectivity index (χ3v) is 4.56. The van der Waals surface area contributed by atoms with Crippen molar-refractivity contribution in [1.82, 2.24) is 15.0 Å². The van der Waals surface area contributed by atoms with E-state index < -0.39 is 5.95 Å². The van der Waals surface area contributed by atoms with Crippen LogP contribution in [0, 0.1) is 5.95 Å². The van der Waals surface area contributed by atoms with Crippen LogP contribution in [0.1, 0.15) is 31.0 Å². The van der Waals surface area contributed by atoms with Crippen molar-refractivity contribution in [3.8, 4) is 11.3 Å². The first-order valence-corrected chi connectivity index (χ1v) is 8.87. The Morgan fingerprint density at radius 1 is 1.18 bits per heavy atom. The van der Waals surface area contributed by atoms with E-state index >= 15 is 0 Å². The van der Waals surface area contributed by atoms with Gasteiger partial charge in [-0.1, -0.05) is 19.9 Å². The fourth-order valence-electron chi connectivity index (χ4n) is 3.23. The molecule has 3 aromatic heterocycles. The van der Waals surface area contributed by atoms with Gasteiger partial charge in [-0.2, -0.15) is 4.39 Å². The van der Waals surface area contributed by atoms with Crippen molar-refractivity contribution in [3.63, 3.8) is 0 Å². The molecule has 4 rings (SSSR count). The van der Waals surface area contributed by atoms with E-state index in [0.717, 1.165) is 11.3 Å². The number of halogens is 1. The molecule has 28 heavy (non-hydrogen) atoms. The Kier molecular flexibility index (Phi) is 4.38. The highest BCUT2D eigenvalue weighted by Crippen LogP contribution is 2.33. The molecule has 0 atom stereocenters. The summed E-state index contributed by atoms with van der Waals surface area (Å²) in [7, 11) is 0. The van der Waals surface area contributed by atoms with E-state index in [-0.39, 0.29) is 35.1 Å². The number of aromatic nitrogens is 3. The van der Waals surface area contributed by atoms with Crippen LogP contribution in [0.3, 0.4) is 0 Å². The molecule has 0 fully saturated rings. The molecule has 1 aliphatic rings. The minimum absolute atomic E-state index is 0.0272. The Morgan fingerprint density at radius 2 is 2.00 bits per heavy atom. The lowest BCUT2D eigenvalue weighted by molar-refractivity contribution is -0.115. The molecule has 3 aromatic rings. The number of nitrogens with zero attached hydrogens (tertiary/aromatic N) is 2. The number of hydrogen-bond acceptors (Lipinski definition) is 5. The van der Waals surface area contributed by atoms with E-state index in [1.807, 2.05) is 13.8 Å². The quantitative estimate of drug-likeness (QED) is 0.604. The molecule has 0 saturated heterocycles. The lowest BCUT2D eigenvalue weighted by Gasteiger charge is -2.17. The molecule has 1 amide bonds. The van der Waals surface area contributed by atoms with Crippen molar-refractivity contribution in [2.75, 3.05) is 10.6 Å². The van der Waals surface area contributed by atoms with Crippen molar-refractivity contribution >= 4 is 23.1 Å². The van der Waals surface area contributed by atoms with Gasteiger partial charge in [-0.05, 0) is 30.2 Å². The number of carbonyl (C=O) groups is 1. The van der Waals surface area contributed by atoms with Crippen LogP contribution in [0.2, 0.25) is 0 Å². The second-order valence-corrected chi connectivity index (χ2v) is 6.88. The van der Waals surface area contributed by atoms with Crippen LogP contribution < -0.4 is 16.2 Å². The van der Waals surface area contributed by atoms with Gasteiger partial charge >= 0.3 is 0 Å². The van der Waals surface area contributed by atoms with Crippen molar-refractivity contribution in [1.29, 1.82) is 0 Å². The summed E-state index contributed by atoms with van der Waals surface area (Å²) in [5.41, 5.74) is 3.00. The van der Waals surface area contributed by atoms with Crippen molar-refractivity contribution in [3.05, 3.63) is 64.1 Å². The fourth-order valence-corrected chi connectivity index (χ4v) is 3.23. The molecule has 0 unspecified atom stereocenters. The summed E-state index contributed by atoms with van der Waals surface area (Å²) in [6.45, 7) is 3.91. The Labute approximate surface area is 160 Å². The van der Waals surface area contributed by atoms with Crippen molar-refractivity contribution in [2.45, 2.75) is 26.2 Å². The number of carbonyl (C=O) groups excluding carboxylic acids is 1. The largest absolute Gasteiger partial charge is 0.354 e.